The molecule has 1 aliphatic rings. The third kappa shape index (κ3) is 3.04. The van der Waals surface area contributed by atoms with Crippen LogP contribution in [0.1, 0.15) is 23.2 Å². The standard InChI is InChI=1S/C12H13F2NO5S/c13-7-1-2-8(10(14)9(7)11(17)18)21(19,20)15-5-12(6-16)3-4-12/h1-2,15-16H,3-6H2,(H,17,18). The van der Waals surface area contributed by atoms with Crippen molar-refractivity contribution in [3.05, 3.63) is 29.3 Å². The molecule has 0 heterocycles. The molecule has 9 heteroatoms. The Morgan fingerprint density at radius 3 is 2.43 bits per heavy atom. The summed E-state index contributed by atoms with van der Waals surface area (Å²) < 4.78 is 53.2. The predicted molar refractivity (Wildman–Crippen MR) is 67.3 cm³/mol. The molecule has 1 aromatic carbocycles. The van der Waals surface area contributed by atoms with Gasteiger partial charge in [-0.1, -0.05) is 0 Å². The first-order valence-electron chi connectivity index (χ1n) is 6.04. The number of aliphatic hydroxyl groups is 1. The molecule has 0 aromatic heterocycles. The second kappa shape index (κ2) is 5.32. The monoisotopic (exact) mass is 321 g/mol. The highest BCUT2D eigenvalue weighted by Gasteiger charge is 2.43. The lowest BCUT2D eigenvalue weighted by molar-refractivity contribution is 0.0685. The SMILES string of the molecule is O=C(O)c1c(F)ccc(S(=O)(=O)NCC2(CO)CC2)c1F. The van der Waals surface area contributed by atoms with Crippen LogP contribution in [0.15, 0.2) is 17.0 Å². The molecule has 0 unspecified atom stereocenters. The van der Waals surface area contributed by atoms with E-state index in [4.69, 9.17) is 10.2 Å². The Labute approximate surface area is 119 Å². The van der Waals surface area contributed by atoms with Gasteiger partial charge in [0.15, 0.2) is 5.82 Å². The van der Waals surface area contributed by atoms with E-state index in [0.717, 1.165) is 0 Å². The first-order valence-corrected chi connectivity index (χ1v) is 7.53. The number of carboxylic acids is 1. The van der Waals surface area contributed by atoms with Gasteiger partial charge in [0.1, 0.15) is 16.3 Å². The van der Waals surface area contributed by atoms with E-state index in [0.29, 0.717) is 25.0 Å². The lowest BCUT2D eigenvalue weighted by atomic mass is 10.1. The van der Waals surface area contributed by atoms with E-state index < -0.39 is 43.5 Å². The highest BCUT2D eigenvalue weighted by molar-refractivity contribution is 7.89. The van der Waals surface area contributed by atoms with Crippen molar-refractivity contribution >= 4 is 16.0 Å². The maximum Gasteiger partial charge on any atom is 0.341 e. The topological polar surface area (TPSA) is 104 Å². The van der Waals surface area contributed by atoms with Gasteiger partial charge in [-0.15, -0.1) is 0 Å². The Kier molecular flexibility index (Phi) is 4.00. The fourth-order valence-electron chi connectivity index (χ4n) is 1.83. The van der Waals surface area contributed by atoms with E-state index in [1.807, 2.05) is 0 Å². The van der Waals surface area contributed by atoms with Crippen molar-refractivity contribution in [3.8, 4) is 0 Å². The van der Waals surface area contributed by atoms with Gasteiger partial charge in [0.2, 0.25) is 10.0 Å². The van der Waals surface area contributed by atoms with Crippen LogP contribution in [0.2, 0.25) is 0 Å². The number of sulfonamides is 1. The summed E-state index contributed by atoms with van der Waals surface area (Å²) in [6.07, 6.45) is 1.27. The van der Waals surface area contributed by atoms with Crippen molar-refractivity contribution < 1.29 is 32.2 Å². The number of carbonyl (C=O) groups is 1. The van der Waals surface area contributed by atoms with E-state index >= 15 is 0 Å². The third-order valence-electron chi connectivity index (χ3n) is 3.49. The molecule has 3 N–H and O–H groups in total. The summed E-state index contributed by atoms with van der Waals surface area (Å²) in [7, 11) is -4.33. The Morgan fingerprint density at radius 1 is 1.33 bits per heavy atom. The number of hydrogen-bond donors (Lipinski definition) is 3. The number of aromatic carboxylic acids is 1. The molecule has 2 rings (SSSR count). The molecule has 0 amide bonds. The Bertz CT molecular complexity index is 685. The van der Waals surface area contributed by atoms with Gasteiger partial charge in [0.25, 0.3) is 0 Å². The van der Waals surface area contributed by atoms with Gasteiger partial charge in [-0.25, -0.2) is 26.7 Å². The van der Waals surface area contributed by atoms with Crippen molar-refractivity contribution in [2.24, 2.45) is 5.41 Å². The average molecular weight is 321 g/mol. The van der Waals surface area contributed by atoms with E-state index in [1.165, 1.54) is 0 Å². The van der Waals surface area contributed by atoms with Crippen molar-refractivity contribution in [3.63, 3.8) is 0 Å². The Balaban J connectivity index is 2.32. The lowest BCUT2D eigenvalue weighted by Crippen LogP contribution is -2.32. The maximum absolute atomic E-state index is 13.9. The van der Waals surface area contributed by atoms with Crippen LogP contribution in [0.5, 0.6) is 0 Å². The minimum absolute atomic E-state index is 0.0922. The molecule has 0 radical (unpaired) electrons. The molecule has 0 aliphatic heterocycles. The van der Waals surface area contributed by atoms with Crippen molar-refractivity contribution in [1.29, 1.82) is 0 Å². The lowest BCUT2D eigenvalue weighted by Gasteiger charge is -2.14. The van der Waals surface area contributed by atoms with Gasteiger partial charge in [-0.3, -0.25) is 0 Å². The van der Waals surface area contributed by atoms with Gasteiger partial charge in [-0.05, 0) is 25.0 Å². The molecular weight excluding hydrogens is 308 g/mol. The van der Waals surface area contributed by atoms with Crippen LogP contribution in [0, 0.1) is 17.0 Å². The van der Waals surface area contributed by atoms with Gasteiger partial charge in [0, 0.05) is 18.6 Å². The third-order valence-corrected chi connectivity index (χ3v) is 4.91. The number of nitrogens with one attached hydrogen (secondary N) is 1. The van der Waals surface area contributed by atoms with Gasteiger partial charge < -0.3 is 10.2 Å². The molecule has 21 heavy (non-hydrogen) atoms. The van der Waals surface area contributed by atoms with Crippen LogP contribution >= 0.6 is 0 Å². The van der Waals surface area contributed by atoms with E-state index in [1.54, 1.807) is 0 Å². The minimum Gasteiger partial charge on any atom is -0.477 e. The predicted octanol–water partition coefficient (Wildman–Crippen LogP) is 0.714. The average Bonchev–Trinajstić information content (AvgIpc) is 3.16. The molecule has 0 saturated heterocycles. The molecule has 1 fully saturated rings. The molecule has 0 atom stereocenters. The van der Waals surface area contributed by atoms with Crippen LogP contribution in [0.25, 0.3) is 0 Å². The van der Waals surface area contributed by atoms with Crippen LogP contribution in [-0.2, 0) is 10.0 Å². The molecule has 116 valence electrons. The molecule has 1 saturated carbocycles. The second-order valence-electron chi connectivity index (χ2n) is 5.02. The van der Waals surface area contributed by atoms with Gasteiger partial charge in [-0.2, -0.15) is 0 Å². The number of benzene rings is 1. The number of aliphatic hydroxyl groups excluding tert-OH is 1. The van der Waals surface area contributed by atoms with Crippen LogP contribution in [0.4, 0.5) is 8.78 Å². The number of halogens is 2. The molecule has 0 bridgehead atoms. The minimum atomic E-state index is -4.33. The largest absolute Gasteiger partial charge is 0.477 e. The highest BCUT2D eigenvalue weighted by atomic mass is 32.2. The summed E-state index contributed by atoms with van der Waals surface area (Å²) in [5.74, 6) is -4.90. The summed E-state index contributed by atoms with van der Waals surface area (Å²) in [6.45, 7) is -0.299. The fraction of sp³-hybridized carbons (Fsp3) is 0.417. The molecule has 0 spiro atoms. The summed E-state index contributed by atoms with van der Waals surface area (Å²) in [5, 5.41) is 17.8. The van der Waals surface area contributed by atoms with E-state index in [9.17, 15) is 22.0 Å². The van der Waals surface area contributed by atoms with E-state index in [-0.39, 0.29) is 13.2 Å². The van der Waals surface area contributed by atoms with Gasteiger partial charge in [0.05, 0.1) is 0 Å². The molecule has 6 nitrogen and oxygen atoms in total. The Morgan fingerprint density at radius 2 is 1.95 bits per heavy atom. The van der Waals surface area contributed by atoms with Gasteiger partial charge >= 0.3 is 5.97 Å². The number of hydrogen-bond acceptors (Lipinski definition) is 4. The zero-order chi connectivity index (χ0) is 15.8. The number of rotatable bonds is 6. The second-order valence-corrected chi connectivity index (χ2v) is 6.76. The zero-order valence-corrected chi connectivity index (χ0v) is 11.6. The fourth-order valence-corrected chi connectivity index (χ4v) is 3.07. The molecular formula is C12H13F2NO5S. The molecule has 1 aromatic rings. The van der Waals surface area contributed by atoms with Crippen LogP contribution in [-0.4, -0.2) is 37.8 Å². The van der Waals surface area contributed by atoms with Crippen LogP contribution < -0.4 is 4.72 Å². The van der Waals surface area contributed by atoms with Crippen molar-refractivity contribution in [1.82, 2.24) is 4.72 Å². The van der Waals surface area contributed by atoms with E-state index in [2.05, 4.69) is 4.72 Å². The smallest absolute Gasteiger partial charge is 0.341 e. The van der Waals surface area contributed by atoms with Crippen molar-refractivity contribution in [2.45, 2.75) is 17.7 Å². The Hall–Kier alpha value is -1.58. The van der Waals surface area contributed by atoms with Crippen LogP contribution in [0.3, 0.4) is 0 Å². The summed E-state index contributed by atoms with van der Waals surface area (Å²) in [4.78, 5) is 9.83. The summed E-state index contributed by atoms with van der Waals surface area (Å²) >= 11 is 0. The first-order chi connectivity index (χ1) is 9.72. The van der Waals surface area contributed by atoms with Crippen molar-refractivity contribution in [2.75, 3.05) is 13.2 Å². The highest BCUT2D eigenvalue weighted by Crippen LogP contribution is 2.44. The molecule has 1 aliphatic carbocycles. The number of carboxylic acid groups (broad SMARTS) is 1. The maximum atomic E-state index is 13.9. The normalized spacial score (nSPS) is 16.7. The summed E-state index contributed by atoms with van der Waals surface area (Å²) in [5.41, 5.74) is -1.86. The first kappa shape index (κ1) is 15.8. The quantitative estimate of drug-likeness (QED) is 0.716. The zero-order valence-electron chi connectivity index (χ0n) is 10.8. The summed E-state index contributed by atoms with van der Waals surface area (Å²) in [6, 6.07) is 1.25.